The molecule has 0 fully saturated rings. The van der Waals surface area contributed by atoms with Crippen molar-refractivity contribution in [1.29, 1.82) is 0 Å². The van der Waals surface area contributed by atoms with Gasteiger partial charge in [0.15, 0.2) is 0 Å². The number of rotatable bonds is 3. The molecule has 0 aliphatic heterocycles. The Morgan fingerprint density at radius 2 is 2.21 bits per heavy atom. The maximum atomic E-state index is 12.1. The topological polar surface area (TPSA) is 84.4 Å². The molecule has 1 heterocycles. The monoisotopic (exact) mass is 262 g/mol. The van der Waals surface area contributed by atoms with Crippen LogP contribution in [-0.4, -0.2) is 39.6 Å². The highest BCUT2D eigenvalue weighted by Gasteiger charge is 2.22. The molecular weight excluding hydrogens is 244 g/mol. The fraction of sp³-hybridized carbons (Fsp3) is 0.385. The van der Waals surface area contributed by atoms with Gasteiger partial charge in [-0.2, -0.15) is 0 Å². The van der Waals surface area contributed by atoms with E-state index in [9.17, 15) is 9.90 Å². The molecule has 0 saturated heterocycles. The lowest BCUT2D eigenvalue weighted by atomic mass is 10.2. The van der Waals surface area contributed by atoms with Gasteiger partial charge in [-0.15, -0.1) is 0 Å². The molecule has 1 atom stereocenters. The van der Waals surface area contributed by atoms with Gasteiger partial charge in [0, 0.05) is 19.8 Å². The molecule has 2 aromatic rings. The van der Waals surface area contributed by atoms with Crippen molar-refractivity contribution in [2.45, 2.75) is 19.6 Å². The van der Waals surface area contributed by atoms with E-state index in [2.05, 4.69) is 4.98 Å². The lowest BCUT2D eigenvalue weighted by Gasteiger charge is -2.20. The first-order valence-corrected chi connectivity index (χ1v) is 6.04. The minimum absolute atomic E-state index is 0.0502. The van der Waals surface area contributed by atoms with Gasteiger partial charge in [0.25, 0.3) is 0 Å². The smallest absolute Gasteiger partial charge is 0.244 e. The molecule has 0 aliphatic rings. The Kier molecular flexibility index (Phi) is 3.44. The van der Waals surface area contributed by atoms with Crippen LogP contribution in [0.4, 0.5) is 5.69 Å². The molecule has 0 bridgehead atoms. The van der Waals surface area contributed by atoms with Crippen molar-refractivity contribution < 1.29 is 9.90 Å². The predicted molar refractivity (Wildman–Crippen MR) is 73.5 cm³/mol. The largest absolute Gasteiger partial charge is 0.399 e. The van der Waals surface area contributed by atoms with E-state index in [0.29, 0.717) is 17.0 Å². The Balaban J connectivity index is 2.60. The Bertz CT molecular complexity index is 618. The zero-order valence-corrected chi connectivity index (χ0v) is 11.3. The van der Waals surface area contributed by atoms with Crippen molar-refractivity contribution >= 4 is 22.6 Å². The number of aromatic nitrogens is 2. The summed E-state index contributed by atoms with van der Waals surface area (Å²) in [6.45, 7) is 1.57. The average molecular weight is 262 g/mol. The minimum Gasteiger partial charge on any atom is -0.399 e. The van der Waals surface area contributed by atoms with Gasteiger partial charge in [-0.1, -0.05) is 0 Å². The van der Waals surface area contributed by atoms with Crippen LogP contribution in [0.1, 0.15) is 18.8 Å². The van der Waals surface area contributed by atoms with Crippen molar-refractivity contribution in [3.05, 3.63) is 24.0 Å². The Hall–Kier alpha value is -2.08. The van der Waals surface area contributed by atoms with E-state index in [1.54, 1.807) is 37.7 Å². The summed E-state index contributed by atoms with van der Waals surface area (Å²) >= 11 is 0. The molecule has 2 rings (SSSR count). The number of nitrogens with zero attached hydrogens (tertiary/aromatic N) is 3. The molecule has 1 amide bonds. The number of carbonyl (C=O) groups excluding carboxylic acids is 1. The highest BCUT2D eigenvalue weighted by Crippen LogP contribution is 2.24. The summed E-state index contributed by atoms with van der Waals surface area (Å²) in [6.07, 6.45) is 0. The Labute approximate surface area is 111 Å². The highest BCUT2D eigenvalue weighted by atomic mass is 16.3. The number of aliphatic hydroxyl groups is 1. The zero-order chi connectivity index (χ0) is 14.2. The summed E-state index contributed by atoms with van der Waals surface area (Å²) in [5, 5.41) is 9.42. The summed E-state index contributed by atoms with van der Waals surface area (Å²) < 4.78 is 1.75. The maximum absolute atomic E-state index is 12.1. The van der Waals surface area contributed by atoms with E-state index in [1.807, 2.05) is 6.07 Å². The standard InChI is InChI=1S/C13H18N4O2/c1-8(13(19)16(2)3)17-11-5-4-9(14)6-10(11)15-12(17)7-18/h4-6,8,18H,7,14H2,1-3H3. The van der Waals surface area contributed by atoms with Gasteiger partial charge in [0.2, 0.25) is 5.91 Å². The van der Waals surface area contributed by atoms with E-state index in [1.165, 1.54) is 4.90 Å². The van der Waals surface area contributed by atoms with Crippen LogP contribution in [0.15, 0.2) is 18.2 Å². The van der Waals surface area contributed by atoms with Gasteiger partial charge < -0.3 is 20.3 Å². The summed E-state index contributed by atoms with van der Waals surface area (Å²) in [7, 11) is 3.41. The third-order valence-corrected chi connectivity index (χ3v) is 3.11. The fourth-order valence-electron chi connectivity index (χ4n) is 2.19. The van der Waals surface area contributed by atoms with E-state index in [4.69, 9.17) is 5.73 Å². The van der Waals surface area contributed by atoms with Gasteiger partial charge >= 0.3 is 0 Å². The Morgan fingerprint density at radius 1 is 1.53 bits per heavy atom. The third-order valence-electron chi connectivity index (χ3n) is 3.11. The molecule has 0 spiro atoms. The molecule has 3 N–H and O–H groups in total. The second-order valence-electron chi connectivity index (χ2n) is 4.71. The summed E-state index contributed by atoms with van der Waals surface area (Å²) in [5.41, 5.74) is 7.80. The number of hydrogen-bond acceptors (Lipinski definition) is 4. The van der Waals surface area contributed by atoms with Crippen molar-refractivity contribution in [2.75, 3.05) is 19.8 Å². The Morgan fingerprint density at radius 3 is 2.79 bits per heavy atom. The van der Waals surface area contributed by atoms with Crippen molar-refractivity contribution in [1.82, 2.24) is 14.5 Å². The number of amides is 1. The van der Waals surface area contributed by atoms with Crippen LogP contribution in [0.5, 0.6) is 0 Å². The van der Waals surface area contributed by atoms with Gasteiger partial charge in [-0.05, 0) is 25.1 Å². The normalized spacial score (nSPS) is 12.6. The SMILES string of the molecule is CC(C(=O)N(C)C)n1c(CO)nc2cc(N)ccc21. The first kappa shape index (κ1) is 13.4. The van der Waals surface area contributed by atoms with Gasteiger partial charge in [-0.3, -0.25) is 4.79 Å². The van der Waals surface area contributed by atoms with Crippen molar-refractivity contribution in [2.24, 2.45) is 0 Å². The van der Waals surface area contributed by atoms with E-state index in [0.717, 1.165) is 5.52 Å². The summed E-state index contributed by atoms with van der Waals surface area (Å²) in [5.74, 6) is 0.411. The van der Waals surface area contributed by atoms with Crippen molar-refractivity contribution in [3.8, 4) is 0 Å². The van der Waals surface area contributed by atoms with Crippen molar-refractivity contribution in [3.63, 3.8) is 0 Å². The van der Waals surface area contributed by atoms with Crippen LogP contribution in [0.25, 0.3) is 11.0 Å². The summed E-state index contributed by atoms with van der Waals surface area (Å²) in [4.78, 5) is 17.9. The number of aliphatic hydroxyl groups excluding tert-OH is 1. The molecule has 102 valence electrons. The second-order valence-corrected chi connectivity index (χ2v) is 4.71. The molecule has 1 aromatic heterocycles. The highest BCUT2D eigenvalue weighted by molar-refractivity contribution is 5.85. The maximum Gasteiger partial charge on any atom is 0.244 e. The first-order valence-electron chi connectivity index (χ1n) is 6.04. The number of benzene rings is 1. The van der Waals surface area contributed by atoms with Crippen LogP contribution in [0.3, 0.4) is 0 Å². The number of anilines is 1. The molecule has 0 aliphatic carbocycles. The number of nitrogens with two attached hydrogens (primary N) is 1. The molecule has 1 unspecified atom stereocenters. The zero-order valence-electron chi connectivity index (χ0n) is 11.3. The second kappa shape index (κ2) is 4.89. The number of likely N-dealkylation sites (N-methyl/N-ethyl adjacent to an activating group) is 1. The van der Waals surface area contributed by atoms with Gasteiger partial charge in [-0.25, -0.2) is 4.98 Å². The lowest BCUT2D eigenvalue weighted by molar-refractivity contribution is -0.131. The van der Waals surface area contributed by atoms with Crippen LogP contribution in [0.2, 0.25) is 0 Å². The van der Waals surface area contributed by atoms with Crippen LogP contribution < -0.4 is 5.73 Å². The van der Waals surface area contributed by atoms with Crippen LogP contribution >= 0.6 is 0 Å². The number of fused-ring (bicyclic) bond motifs is 1. The lowest BCUT2D eigenvalue weighted by Crippen LogP contribution is -2.30. The number of hydrogen-bond donors (Lipinski definition) is 2. The number of nitrogen functional groups attached to an aromatic ring is 1. The van der Waals surface area contributed by atoms with Gasteiger partial charge in [0.05, 0.1) is 11.0 Å². The van der Waals surface area contributed by atoms with Gasteiger partial charge in [0.1, 0.15) is 18.5 Å². The molecule has 1 aromatic carbocycles. The van der Waals surface area contributed by atoms with Crippen LogP contribution in [-0.2, 0) is 11.4 Å². The molecular formula is C13H18N4O2. The fourth-order valence-corrected chi connectivity index (χ4v) is 2.19. The average Bonchev–Trinajstić information content (AvgIpc) is 2.74. The van der Waals surface area contributed by atoms with E-state index in [-0.39, 0.29) is 12.5 Å². The van der Waals surface area contributed by atoms with Crippen LogP contribution in [0, 0.1) is 0 Å². The predicted octanol–water partition coefficient (Wildman–Crippen LogP) is 0.760. The molecule has 6 nitrogen and oxygen atoms in total. The summed E-state index contributed by atoms with van der Waals surface area (Å²) in [6, 6.07) is 4.88. The number of carbonyl (C=O) groups is 1. The molecule has 6 heteroatoms. The minimum atomic E-state index is -0.425. The first-order chi connectivity index (χ1) is 8.95. The number of imidazole rings is 1. The van der Waals surface area contributed by atoms with E-state index >= 15 is 0 Å². The molecule has 19 heavy (non-hydrogen) atoms. The molecule has 0 saturated carbocycles. The quantitative estimate of drug-likeness (QED) is 0.800. The molecule has 0 radical (unpaired) electrons. The third kappa shape index (κ3) is 2.26. The van der Waals surface area contributed by atoms with E-state index < -0.39 is 6.04 Å².